The van der Waals surface area contributed by atoms with Crippen molar-refractivity contribution in [2.24, 2.45) is 0 Å². The van der Waals surface area contributed by atoms with Gasteiger partial charge in [0.1, 0.15) is 0 Å². The zero-order valence-corrected chi connectivity index (χ0v) is 43.7. The average Bonchev–Trinajstić information content (AvgIpc) is 4.24. The molecule has 15 rings (SSSR count). The second kappa shape index (κ2) is 19.8. The molecule has 0 N–H and O–H groups in total. The van der Waals surface area contributed by atoms with Gasteiger partial charge in [-0.3, -0.25) is 0 Å². The van der Waals surface area contributed by atoms with Gasteiger partial charge in [0.25, 0.3) is 0 Å². The molecule has 80 heavy (non-hydrogen) atoms. The van der Waals surface area contributed by atoms with Crippen LogP contribution >= 0.6 is 0 Å². The molecule has 14 aromatic rings. The van der Waals surface area contributed by atoms with E-state index >= 15 is 0 Å². The highest BCUT2D eigenvalue weighted by molar-refractivity contribution is 6.13. The molecule has 376 valence electrons. The molecule has 3 aromatic heterocycles. The average molecular weight is 1020 g/mol. The van der Waals surface area contributed by atoms with Crippen LogP contribution in [0, 0.1) is 0 Å². The minimum atomic E-state index is 0.210. The minimum Gasteiger partial charge on any atom is -0.309 e. The number of allylic oxidation sites excluding steroid dienone is 4. The largest absolute Gasteiger partial charge is 0.309 e. The predicted octanol–water partition coefficient (Wildman–Crippen LogP) is 19.3. The van der Waals surface area contributed by atoms with Crippen molar-refractivity contribution in [3.63, 3.8) is 0 Å². The van der Waals surface area contributed by atoms with Gasteiger partial charge in [-0.25, -0.2) is 15.0 Å². The molecule has 3 heterocycles. The molecular formula is C75H51N5. The van der Waals surface area contributed by atoms with E-state index in [-0.39, 0.29) is 5.92 Å². The Labute approximate surface area is 464 Å². The van der Waals surface area contributed by atoms with E-state index in [1.54, 1.807) is 0 Å². The van der Waals surface area contributed by atoms with Gasteiger partial charge in [-0.2, -0.15) is 0 Å². The van der Waals surface area contributed by atoms with Crippen LogP contribution in [0.2, 0.25) is 0 Å². The highest BCUT2D eigenvalue weighted by Crippen LogP contribution is 2.45. The third-order valence-corrected chi connectivity index (χ3v) is 15.9. The molecule has 0 saturated carbocycles. The summed E-state index contributed by atoms with van der Waals surface area (Å²) in [6.45, 7) is 0. The zero-order valence-electron chi connectivity index (χ0n) is 43.7. The number of para-hydroxylation sites is 3. The van der Waals surface area contributed by atoms with Gasteiger partial charge in [-0.15, -0.1) is 0 Å². The van der Waals surface area contributed by atoms with Crippen LogP contribution in [0.15, 0.2) is 291 Å². The summed E-state index contributed by atoms with van der Waals surface area (Å²) in [7, 11) is 0. The molecule has 5 nitrogen and oxygen atoms in total. The lowest BCUT2D eigenvalue weighted by Gasteiger charge is -2.21. The Morgan fingerprint density at radius 3 is 1.26 bits per heavy atom. The summed E-state index contributed by atoms with van der Waals surface area (Å²) >= 11 is 0. The summed E-state index contributed by atoms with van der Waals surface area (Å²) in [6.07, 6.45) is 9.76. The standard InChI is InChI=1S/C75H51N5/c1-6-22-50(23-7-1)53-38-40-56(41-39-53)73-76-74(59-45-57(51-24-8-2-9-25-51)44-58(46-59)52-26-10-3-11-27-52)78-75(77-73)60-47-66(54-28-12-4-13-29-54)72(67(48-60)55-30-14-5-15-31-55)80-70-37-21-18-34-64(70)65-43-42-61(49-71(65)80)79-68-35-19-16-32-62(68)63-33-17-20-36-69(63)79/h1-26,28-49,52H,27H2. The fourth-order valence-electron chi connectivity index (χ4n) is 12.0. The third-order valence-electron chi connectivity index (χ3n) is 15.9. The SMILES string of the molecule is C1=CCC(c2cc(-c3ccccc3)cc(-c3nc(-c4ccc(-c5ccccc5)cc4)nc(-c4cc(-c5ccccc5)c(-n5c6ccccc6c6ccc(-n7c8ccccc8c8ccccc87)cc65)c(-c5ccccc5)c4)n3)c2)C=C1. The van der Waals surface area contributed by atoms with Gasteiger partial charge in [0, 0.05) is 61.0 Å². The Balaban J connectivity index is 1.000. The van der Waals surface area contributed by atoms with Gasteiger partial charge in [-0.1, -0.05) is 237 Å². The lowest BCUT2D eigenvalue weighted by atomic mass is 9.88. The van der Waals surface area contributed by atoms with Crippen molar-refractivity contribution >= 4 is 43.6 Å². The van der Waals surface area contributed by atoms with Crippen molar-refractivity contribution < 1.29 is 0 Å². The summed E-state index contributed by atoms with van der Waals surface area (Å²) in [5, 5.41) is 4.82. The van der Waals surface area contributed by atoms with Crippen LogP contribution in [0.1, 0.15) is 17.9 Å². The Kier molecular flexibility index (Phi) is 11.6. The lowest BCUT2D eigenvalue weighted by Crippen LogP contribution is -2.05. The van der Waals surface area contributed by atoms with E-state index in [2.05, 4.69) is 300 Å². The number of nitrogens with zero attached hydrogens (tertiary/aromatic N) is 5. The fraction of sp³-hybridized carbons (Fsp3) is 0.0267. The first-order valence-corrected chi connectivity index (χ1v) is 27.4. The first kappa shape index (κ1) is 46.8. The van der Waals surface area contributed by atoms with Crippen LogP contribution in [-0.4, -0.2) is 24.1 Å². The molecule has 0 radical (unpaired) electrons. The van der Waals surface area contributed by atoms with Crippen LogP contribution in [0.25, 0.3) is 134 Å². The second-order valence-corrected chi connectivity index (χ2v) is 20.7. The van der Waals surface area contributed by atoms with Gasteiger partial charge in [0.05, 0.1) is 27.8 Å². The van der Waals surface area contributed by atoms with Gasteiger partial charge in [0.15, 0.2) is 17.5 Å². The van der Waals surface area contributed by atoms with E-state index in [1.807, 2.05) is 0 Å². The molecular weight excluding hydrogens is 971 g/mol. The topological polar surface area (TPSA) is 48.5 Å². The molecule has 1 aliphatic rings. The molecule has 0 bridgehead atoms. The molecule has 0 saturated heterocycles. The predicted molar refractivity (Wildman–Crippen MR) is 332 cm³/mol. The van der Waals surface area contributed by atoms with Crippen molar-refractivity contribution in [1.29, 1.82) is 0 Å². The number of hydrogen-bond acceptors (Lipinski definition) is 3. The fourth-order valence-corrected chi connectivity index (χ4v) is 12.0. The number of aromatic nitrogens is 5. The Morgan fingerprint density at radius 1 is 0.300 bits per heavy atom. The van der Waals surface area contributed by atoms with E-state index in [9.17, 15) is 0 Å². The lowest BCUT2D eigenvalue weighted by molar-refractivity contribution is 0.854. The maximum Gasteiger partial charge on any atom is 0.164 e. The smallest absolute Gasteiger partial charge is 0.164 e. The summed E-state index contributed by atoms with van der Waals surface area (Å²) in [5.41, 5.74) is 19.4. The van der Waals surface area contributed by atoms with E-state index in [4.69, 9.17) is 15.0 Å². The van der Waals surface area contributed by atoms with Crippen molar-refractivity contribution in [2.45, 2.75) is 12.3 Å². The van der Waals surface area contributed by atoms with Crippen LogP contribution in [0.5, 0.6) is 0 Å². The molecule has 1 aliphatic carbocycles. The molecule has 5 heteroatoms. The molecule has 1 atom stereocenters. The molecule has 0 amide bonds. The highest BCUT2D eigenvalue weighted by atomic mass is 15.0. The number of hydrogen-bond donors (Lipinski definition) is 0. The third kappa shape index (κ3) is 8.32. The number of benzene rings is 11. The van der Waals surface area contributed by atoms with Gasteiger partial charge in [0.2, 0.25) is 0 Å². The maximum absolute atomic E-state index is 5.57. The summed E-state index contributed by atoms with van der Waals surface area (Å²) in [5.74, 6) is 2.00. The molecule has 0 aliphatic heterocycles. The van der Waals surface area contributed by atoms with E-state index < -0.39 is 0 Å². The second-order valence-electron chi connectivity index (χ2n) is 20.7. The van der Waals surface area contributed by atoms with E-state index in [0.717, 1.165) is 90.0 Å². The first-order valence-electron chi connectivity index (χ1n) is 27.4. The van der Waals surface area contributed by atoms with Gasteiger partial charge >= 0.3 is 0 Å². The van der Waals surface area contributed by atoms with Crippen LogP contribution in [-0.2, 0) is 0 Å². The van der Waals surface area contributed by atoms with Crippen molar-refractivity contribution in [3.05, 3.63) is 297 Å². The normalized spacial score (nSPS) is 13.2. The molecule has 0 fully saturated rings. The monoisotopic (exact) mass is 1020 g/mol. The Bertz CT molecular complexity index is 4590. The van der Waals surface area contributed by atoms with Crippen LogP contribution in [0.3, 0.4) is 0 Å². The zero-order chi connectivity index (χ0) is 52.9. The quantitative estimate of drug-likeness (QED) is 0.137. The Morgan fingerprint density at radius 2 is 0.725 bits per heavy atom. The van der Waals surface area contributed by atoms with Gasteiger partial charge < -0.3 is 9.13 Å². The minimum absolute atomic E-state index is 0.210. The summed E-state index contributed by atoms with van der Waals surface area (Å²) in [6, 6.07) is 96.1. The van der Waals surface area contributed by atoms with Crippen LogP contribution < -0.4 is 0 Å². The van der Waals surface area contributed by atoms with E-state index in [1.165, 1.54) is 38.1 Å². The van der Waals surface area contributed by atoms with Crippen molar-refractivity contribution in [3.8, 4) is 90.0 Å². The maximum atomic E-state index is 5.57. The number of rotatable bonds is 10. The Hall–Kier alpha value is -10.5. The van der Waals surface area contributed by atoms with Gasteiger partial charge in [-0.05, 0) is 100.0 Å². The molecule has 1 unspecified atom stereocenters. The van der Waals surface area contributed by atoms with Crippen molar-refractivity contribution in [2.75, 3.05) is 0 Å². The van der Waals surface area contributed by atoms with E-state index in [0.29, 0.717) is 17.5 Å². The number of fused-ring (bicyclic) bond motifs is 6. The van der Waals surface area contributed by atoms with Crippen LogP contribution in [0.4, 0.5) is 0 Å². The van der Waals surface area contributed by atoms with Crippen molar-refractivity contribution in [1.82, 2.24) is 24.1 Å². The summed E-state index contributed by atoms with van der Waals surface area (Å²) in [4.78, 5) is 16.5. The summed E-state index contributed by atoms with van der Waals surface area (Å²) < 4.78 is 4.92. The first-order chi connectivity index (χ1) is 39.7. The highest BCUT2D eigenvalue weighted by Gasteiger charge is 2.25. The molecule has 11 aromatic carbocycles. The molecule has 0 spiro atoms.